The van der Waals surface area contributed by atoms with Crippen molar-refractivity contribution in [1.29, 1.82) is 0 Å². The summed E-state index contributed by atoms with van der Waals surface area (Å²) in [5.41, 5.74) is 0.533. The monoisotopic (exact) mass is 372 g/mol. The van der Waals surface area contributed by atoms with Gasteiger partial charge in [-0.15, -0.1) is 0 Å². The second-order valence-electron chi connectivity index (χ2n) is 7.61. The lowest BCUT2D eigenvalue weighted by Crippen LogP contribution is -2.51. The molecule has 1 aliphatic rings. The molecule has 0 spiro atoms. The molecule has 1 aliphatic carbocycles. The molecule has 1 saturated carbocycles. The van der Waals surface area contributed by atoms with E-state index in [1.165, 1.54) is 70.6 Å². The second kappa shape index (κ2) is 15.2. The van der Waals surface area contributed by atoms with Crippen LogP contribution in [0, 0.1) is 0 Å². The molecule has 0 saturated heterocycles. The summed E-state index contributed by atoms with van der Waals surface area (Å²) in [5.74, 6) is 0. The van der Waals surface area contributed by atoms with Crippen molar-refractivity contribution >= 4 is 8.80 Å². The van der Waals surface area contributed by atoms with E-state index in [1.807, 2.05) is 0 Å². The fraction of sp³-hybridized carbons (Fsp3) is 1.00. The molecule has 1 fully saturated rings. The molecule has 0 bridgehead atoms. The van der Waals surface area contributed by atoms with E-state index in [-0.39, 0.29) is 0 Å². The third-order valence-electron chi connectivity index (χ3n) is 5.26. The predicted molar refractivity (Wildman–Crippen MR) is 109 cm³/mol. The van der Waals surface area contributed by atoms with Gasteiger partial charge in [-0.3, -0.25) is 0 Å². The molecule has 0 amide bonds. The summed E-state index contributed by atoms with van der Waals surface area (Å²) in [6, 6.07) is 0. The smallest absolute Gasteiger partial charge is 0.373 e. The zero-order valence-electron chi connectivity index (χ0n) is 17.3. The molecule has 0 aromatic heterocycles. The van der Waals surface area contributed by atoms with Crippen molar-refractivity contribution < 1.29 is 13.3 Å². The van der Waals surface area contributed by atoms with Crippen LogP contribution >= 0.6 is 0 Å². The van der Waals surface area contributed by atoms with Crippen LogP contribution in [-0.2, 0) is 13.3 Å². The number of hydrogen-bond acceptors (Lipinski definition) is 3. The Morgan fingerprint density at radius 1 is 0.600 bits per heavy atom. The van der Waals surface area contributed by atoms with Gasteiger partial charge in [0.15, 0.2) is 0 Å². The van der Waals surface area contributed by atoms with Gasteiger partial charge in [0.2, 0.25) is 0 Å². The maximum atomic E-state index is 6.53. The summed E-state index contributed by atoms with van der Waals surface area (Å²) in [6.07, 6.45) is 17.3. The van der Waals surface area contributed by atoms with Crippen molar-refractivity contribution in [2.45, 2.75) is 116 Å². The van der Waals surface area contributed by atoms with Crippen LogP contribution in [-0.4, -0.2) is 28.6 Å². The fourth-order valence-corrected chi connectivity index (χ4v) is 6.99. The van der Waals surface area contributed by atoms with Gasteiger partial charge in [0.25, 0.3) is 0 Å². The lowest BCUT2D eigenvalue weighted by Gasteiger charge is -2.38. The Balaban J connectivity index is 2.69. The Bertz CT molecular complexity index is 262. The molecule has 0 aliphatic heterocycles. The molecular weight excluding hydrogens is 328 g/mol. The van der Waals surface area contributed by atoms with Gasteiger partial charge in [0.05, 0.1) is 0 Å². The van der Waals surface area contributed by atoms with Crippen LogP contribution < -0.4 is 0 Å². The number of rotatable bonds is 16. The van der Waals surface area contributed by atoms with Crippen LogP contribution in [0.2, 0.25) is 5.54 Å². The Hall–Kier alpha value is 0.0969. The number of hydrogen-bond donors (Lipinski definition) is 0. The van der Waals surface area contributed by atoms with Crippen LogP contribution in [0.1, 0.15) is 111 Å². The van der Waals surface area contributed by atoms with Gasteiger partial charge in [-0.05, 0) is 32.1 Å². The average Bonchev–Trinajstić information content (AvgIpc) is 2.66. The second-order valence-corrected chi connectivity index (χ2v) is 10.5. The van der Waals surface area contributed by atoms with Crippen molar-refractivity contribution in [3.8, 4) is 0 Å². The summed E-state index contributed by atoms with van der Waals surface area (Å²) in [5, 5.41) is 0. The highest BCUT2D eigenvalue weighted by Crippen LogP contribution is 2.39. The maximum Gasteiger partial charge on any atom is 0.504 e. The maximum absolute atomic E-state index is 6.53. The molecule has 0 atom stereocenters. The van der Waals surface area contributed by atoms with Crippen molar-refractivity contribution in [2.75, 3.05) is 19.8 Å². The summed E-state index contributed by atoms with van der Waals surface area (Å²) in [7, 11) is -2.54. The number of unbranched alkanes of at least 4 members (excludes halogenated alkanes) is 6. The van der Waals surface area contributed by atoms with Crippen LogP contribution in [0.3, 0.4) is 0 Å². The van der Waals surface area contributed by atoms with E-state index in [9.17, 15) is 0 Å². The molecule has 150 valence electrons. The first-order valence-corrected chi connectivity index (χ1v) is 13.0. The molecule has 0 heterocycles. The standard InChI is InChI=1S/C21H44O3Si/c1-4-7-13-18-22-25(23-19-14-8-5-2,24-20-15-9-6-3)21-16-11-10-12-17-21/h21H,4-20H2,1-3H3. The Labute approximate surface area is 158 Å². The lowest BCUT2D eigenvalue weighted by molar-refractivity contribution is 0.0416. The zero-order valence-corrected chi connectivity index (χ0v) is 18.3. The third kappa shape index (κ3) is 9.55. The molecule has 25 heavy (non-hydrogen) atoms. The molecule has 3 nitrogen and oxygen atoms in total. The van der Waals surface area contributed by atoms with Crippen LogP contribution in [0.5, 0.6) is 0 Å². The van der Waals surface area contributed by atoms with Crippen LogP contribution in [0.25, 0.3) is 0 Å². The first-order valence-electron chi connectivity index (χ1n) is 11.2. The van der Waals surface area contributed by atoms with E-state index < -0.39 is 8.80 Å². The minimum absolute atomic E-state index is 0.533. The summed E-state index contributed by atoms with van der Waals surface area (Å²) in [4.78, 5) is 0. The van der Waals surface area contributed by atoms with Crippen LogP contribution in [0.15, 0.2) is 0 Å². The highest BCUT2D eigenvalue weighted by molar-refractivity contribution is 6.62. The SMILES string of the molecule is CCCCCO[Si](OCCCCC)(OCCCCC)C1CCCCC1. The van der Waals surface area contributed by atoms with Gasteiger partial charge >= 0.3 is 8.80 Å². The van der Waals surface area contributed by atoms with E-state index in [4.69, 9.17) is 13.3 Å². The van der Waals surface area contributed by atoms with Gasteiger partial charge in [0.1, 0.15) is 0 Å². The van der Waals surface area contributed by atoms with Gasteiger partial charge in [-0.1, -0.05) is 78.6 Å². The molecule has 0 N–H and O–H groups in total. The van der Waals surface area contributed by atoms with E-state index >= 15 is 0 Å². The quantitative estimate of drug-likeness (QED) is 0.218. The summed E-state index contributed by atoms with van der Waals surface area (Å²) in [6.45, 7) is 9.19. The van der Waals surface area contributed by atoms with Gasteiger partial charge in [-0.25, -0.2) is 0 Å². The van der Waals surface area contributed by atoms with Gasteiger partial charge in [0, 0.05) is 25.4 Å². The van der Waals surface area contributed by atoms with E-state index in [2.05, 4.69) is 20.8 Å². The topological polar surface area (TPSA) is 27.7 Å². The molecular formula is C21H44O3Si. The molecule has 0 aromatic rings. The normalized spacial score (nSPS) is 16.4. The molecule has 0 aromatic carbocycles. The fourth-order valence-electron chi connectivity index (χ4n) is 3.63. The average molecular weight is 373 g/mol. The highest BCUT2D eigenvalue weighted by atomic mass is 28.4. The van der Waals surface area contributed by atoms with Crippen LogP contribution in [0.4, 0.5) is 0 Å². The lowest BCUT2D eigenvalue weighted by atomic mass is 10.0. The Morgan fingerprint density at radius 2 is 1.00 bits per heavy atom. The third-order valence-corrected chi connectivity index (χ3v) is 8.66. The molecule has 4 heteroatoms. The first kappa shape index (κ1) is 23.1. The summed E-state index contributed by atoms with van der Waals surface area (Å²) >= 11 is 0. The minimum Gasteiger partial charge on any atom is -0.373 e. The van der Waals surface area contributed by atoms with E-state index in [1.54, 1.807) is 0 Å². The Morgan fingerprint density at radius 3 is 1.36 bits per heavy atom. The van der Waals surface area contributed by atoms with Crippen molar-refractivity contribution in [2.24, 2.45) is 0 Å². The predicted octanol–water partition coefficient (Wildman–Crippen LogP) is 6.88. The molecule has 0 radical (unpaired) electrons. The highest BCUT2D eigenvalue weighted by Gasteiger charge is 2.49. The Kier molecular flexibility index (Phi) is 14.1. The van der Waals surface area contributed by atoms with Gasteiger partial charge in [-0.2, -0.15) is 0 Å². The van der Waals surface area contributed by atoms with E-state index in [0.717, 1.165) is 39.1 Å². The van der Waals surface area contributed by atoms with E-state index in [0.29, 0.717) is 5.54 Å². The van der Waals surface area contributed by atoms with Crippen molar-refractivity contribution in [3.05, 3.63) is 0 Å². The molecule has 0 unspecified atom stereocenters. The largest absolute Gasteiger partial charge is 0.504 e. The zero-order chi connectivity index (χ0) is 18.2. The van der Waals surface area contributed by atoms with Gasteiger partial charge < -0.3 is 13.3 Å². The first-order chi connectivity index (χ1) is 12.3. The minimum atomic E-state index is -2.54. The van der Waals surface area contributed by atoms with Crippen molar-refractivity contribution in [3.63, 3.8) is 0 Å². The molecule has 1 rings (SSSR count). The van der Waals surface area contributed by atoms with Crippen molar-refractivity contribution in [1.82, 2.24) is 0 Å². The summed E-state index contributed by atoms with van der Waals surface area (Å²) < 4.78 is 19.6.